The molecule has 0 bridgehead atoms. The molecule has 3 aromatic heterocycles. The molecule has 0 radical (unpaired) electrons. The van der Waals surface area contributed by atoms with Gasteiger partial charge in [-0.1, -0.05) is 30.3 Å². The molecule has 0 saturated carbocycles. The average Bonchev–Trinajstić information content (AvgIpc) is 3.32. The highest BCUT2D eigenvalue weighted by atomic mass is 32.1. The van der Waals surface area contributed by atoms with E-state index in [4.69, 9.17) is 0 Å². The van der Waals surface area contributed by atoms with E-state index in [0.29, 0.717) is 4.88 Å². The first-order valence-electron chi connectivity index (χ1n) is 8.70. The van der Waals surface area contributed by atoms with E-state index in [1.165, 1.54) is 11.3 Å². The highest BCUT2D eigenvalue weighted by Gasteiger charge is 2.20. The van der Waals surface area contributed by atoms with Crippen molar-refractivity contribution in [3.63, 3.8) is 0 Å². The number of thiophene rings is 1. The number of aryl methyl sites for hydroxylation is 3. The van der Waals surface area contributed by atoms with Gasteiger partial charge < -0.3 is 5.32 Å². The van der Waals surface area contributed by atoms with Gasteiger partial charge in [0.15, 0.2) is 0 Å². The summed E-state index contributed by atoms with van der Waals surface area (Å²) in [5.74, 6) is -0.0582. The molecule has 0 spiro atoms. The molecule has 1 unspecified atom stereocenters. The monoisotopic (exact) mass is 396 g/mol. The molecule has 1 atom stereocenters. The predicted octanol–water partition coefficient (Wildman–Crippen LogP) is 4.87. The Morgan fingerprint density at radius 3 is 2.59 bits per heavy atom. The minimum absolute atomic E-state index is 0.0582. The lowest BCUT2D eigenvalue weighted by Crippen LogP contribution is -2.25. The van der Waals surface area contributed by atoms with Gasteiger partial charge in [-0.15, -0.1) is 22.7 Å². The summed E-state index contributed by atoms with van der Waals surface area (Å²) in [6.07, 6.45) is 0. The van der Waals surface area contributed by atoms with Crippen LogP contribution < -0.4 is 5.32 Å². The van der Waals surface area contributed by atoms with Crippen molar-refractivity contribution in [1.29, 1.82) is 0 Å². The first kappa shape index (κ1) is 17.9. The van der Waals surface area contributed by atoms with Crippen molar-refractivity contribution in [2.24, 2.45) is 7.05 Å². The highest BCUT2D eigenvalue weighted by Crippen LogP contribution is 2.32. The van der Waals surface area contributed by atoms with Crippen LogP contribution in [0.1, 0.15) is 38.9 Å². The molecule has 5 nitrogen and oxygen atoms in total. The number of thiazole rings is 1. The van der Waals surface area contributed by atoms with E-state index in [-0.39, 0.29) is 11.9 Å². The maximum absolute atomic E-state index is 12.8. The van der Waals surface area contributed by atoms with E-state index in [2.05, 4.69) is 27.5 Å². The predicted molar refractivity (Wildman–Crippen MR) is 111 cm³/mol. The van der Waals surface area contributed by atoms with Crippen LogP contribution in [0.4, 0.5) is 0 Å². The van der Waals surface area contributed by atoms with Gasteiger partial charge in [0.2, 0.25) is 0 Å². The van der Waals surface area contributed by atoms with Crippen molar-refractivity contribution in [1.82, 2.24) is 20.1 Å². The minimum Gasteiger partial charge on any atom is -0.344 e. The smallest absolute Gasteiger partial charge is 0.261 e. The molecule has 0 aliphatic heterocycles. The zero-order valence-corrected chi connectivity index (χ0v) is 17.2. The van der Waals surface area contributed by atoms with Crippen LogP contribution in [0.15, 0.2) is 36.4 Å². The Hall–Kier alpha value is -2.51. The summed E-state index contributed by atoms with van der Waals surface area (Å²) in [5, 5.41) is 9.53. The Morgan fingerprint density at radius 2 is 1.89 bits per heavy atom. The molecule has 1 amide bonds. The van der Waals surface area contributed by atoms with Crippen LogP contribution in [0.2, 0.25) is 0 Å². The molecule has 0 saturated heterocycles. The van der Waals surface area contributed by atoms with Gasteiger partial charge in [-0.05, 0) is 26.8 Å². The van der Waals surface area contributed by atoms with Crippen LogP contribution in [-0.4, -0.2) is 20.7 Å². The average molecular weight is 397 g/mol. The number of nitrogens with zero attached hydrogens (tertiary/aromatic N) is 3. The first-order chi connectivity index (χ1) is 12.9. The Bertz CT molecular complexity index is 1090. The first-order valence-corrected chi connectivity index (χ1v) is 10.3. The topological polar surface area (TPSA) is 59.8 Å². The summed E-state index contributed by atoms with van der Waals surface area (Å²) in [5.41, 5.74) is 3.01. The van der Waals surface area contributed by atoms with Gasteiger partial charge in [-0.3, -0.25) is 9.48 Å². The second-order valence-corrected chi connectivity index (χ2v) is 8.63. The number of carbonyl (C=O) groups excluding carboxylic acids is 1. The molecular weight excluding hydrogens is 376 g/mol. The van der Waals surface area contributed by atoms with Crippen molar-refractivity contribution < 1.29 is 4.79 Å². The summed E-state index contributed by atoms with van der Waals surface area (Å²) >= 11 is 3.11. The second-order valence-electron chi connectivity index (χ2n) is 6.57. The van der Waals surface area contributed by atoms with Crippen molar-refractivity contribution in [2.45, 2.75) is 26.8 Å². The Balaban J connectivity index is 1.56. The number of nitrogens with one attached hydrogen (secondary N) is 1. The number of hydrogen-bond donors (Lipinski definition) is 1. The third kappa shape index (κ3) is 3.28. The third-order valence-electron chi connectivity index (χ3n) is 4.51. The second kappa shape index (κ2) is 6.90. The van der Waals surface area contributed by atoms with E-state index < -0.39 is 0 Å². The van der Waals surface area contributed by atoms with Gasteiger partial charge in [0.05, 0.1) is 27.2 Å². The zero-order valence-electron chi connectivity index (χ0n) is 15.6. The van der Waals surface area contributed by atoms with Crippen molar-refractivity contribution in [2.75, 3.05) is 0 Å². The third-order valence-corrected chi connectivity index (χ3v) is 7.10. The number of hydrogen-bond acceptors (Lipinski definition) is 5. The number of carbonyl (C=O) groups is 1. The molecule has 138 valence electrons. The van der Waals surface area contributed by atoms with E-state index in [1.807, 2.05) is 56.8 Å². The fourth-order valence-corrected chi connectivity index (χ4v) is 5.26. The fourth-order valence-electron chi connectivity index (χ4n) is 3.16. The SMILES string of the molecule is Cc1nc(-c2ccccc2)sc1C(C)NC(=O)c1cc2c(C)nn(C)c2s1. The molecule has 0 fully saturated rings. The van der Waals surface area contributed by atoms with Crippen molar-refractivity contribution in [3.8, 4) is 10.6 Å². The Kier molecular flexibility index (Phi) is 4.57. The molecule has 1 aromatic carbocycles. The summed E-state index contributed by atoms with van der Waals surface area (Å²) < 4.78 is 1.83. The quantitative estimate of drug-likeness (QED) is 0.535. The molecule has 3 heterocycles. The van der Waals surface area contributed by atoms with Gasteiger partial charge in [0.1, 0.15) is 9.84 Å². The van der Waals surface area contributed by atoms with Gasteiger partial charge in [-0.2, -0.15) is 5.10 Å². The number of aromatic nitrogens is 3. The van der Waals surface area contributed by atoms with Gasteiger partial charge in [0, 0.05) is 18.0 Å². The summed E-state index contributed by atoms with van der Waals surface area (Å²) in [4.78, 5) is 20.3. The largest absolute Gasteiger partial charge is 0.344 e. The molecule has 0 aliphatic rings. The molecule has 1 N–H and O–H groups in total. The van der Waals surface area contributed by atoms with Crippen molar-refractivity contribution >= 4 is 38.8 Å². The van der Waals surface area contributed by atoms with Crippen LogP contribution in [0.5, 0.6) is 0 Å². The lowest BCUT2D eigenvalue weighted by atomic mass is 10.2. The van der Waals surface area contributed by atoms with Gasteiger partial charge in [-0.25, -0.2) is 4.98 Å². The van der Waals surface area contributed by atoms with Crippen LogP contribution in [-0.2, 0) is 7.05 Å². The molecule has 0 aliphatic carbocycles. The lowest BCUT2D eigenvalue weighted by molar-refractivity contribution is 0.0944. The number of amides is 1. The normalized spacial score (nSPS) is 12.4. The molecule has 4 rings (SSSR count). The van der Waals surface area contributed by atoms with Crippen LogP contribution >= 0.6 is 22.7 Å². The summed E-state index contributed by atoms with van der Waals surface area (Å²) in [6, 6.07) is 12.0. The molecule has 4 aromatic rings. The molecular formula is C20H20N4OS2. The number of rotatable bonds is 4. The van der Waals surface area contributed by atoms with E-state index in [1.54, 1.807) is 11.3 Å². The van der Waals surface area contributed by atoms with Gasteiger partial charge >= 0.3 is 0 Å². The Labute approximate surface area is 165 Å². The lowest BCUT2D eigenvalue weighted by Gasteiger charge is -2.12. The maximum atomic E-state index is 12.8. The van der Waals surface area contributed by atoms with E-state index >= 15 is 0 Å². The maximum Gasteiger partial charge on any atom is 0.261 e. The molecule has 7 heteroatoms. The molecule has 27 heavy (non-hydrogen) atoms. The fraction of sp³-hybridized carbons (Fsp3) is 0.250. The van der Waals surface area contributed by atoms with Crippen LogP contribution in [0, 0.1) is 13.8 Å². The highest BCUT2D eigenvalue weighted by molar-refractivity contribution is 7.20. The zero-order chi connectivity index (χ0) is 19.1. The summed E-state index contributed by atoms with van der Waals surface area (Å²) in [7, 11) is 1.90. The minimum atomic E-state index is -0.100. The summed E-state index contributed by atoms with van der Waals surface area (Å²) in [6.45, 7) is 5.97. The van der Waals surface area contributed by atoms with Crippen molar-refractivity contribution in [3.05, 3.63) is 57.5 Å². The standard InChI is InChI=1S/C20H20N4OS2/c1-11-15-10-16(26-20(15)24(4)23-11)18(25)21-12(2)17-13(3)22-19(27-17)14-8-6-5-7-9-14/h5-10,12H,1-4H3,(H,21,25). The van der Waals surface area contributed by atoms with Crippen LogP contribution in [0.25, 0.3) is 20.8 Å². The Morgan fingerprint density at radius 1 is 1.15 bits per heavy atom. The van der Waals surface area contributed by atoms with Gasteiger partial charge in [0.25, 0.3) is 5.91 Å². The number of fused-ring (bicyclic) bond motifs is 1. The van der Waals surface area contributed by atoms with Crippen LogP contribution in [0.3, 0.4) is 0 Å². The number of benzene rings is 1. The van der Waals surface area contributed by atoms with E-state index in [9.17, 15) is 4.79 Å². The van der Waals surface area contributed by atoms with E-state index in [0.717, 1.165) is 37.1 Å².